The molecular formula is C14H16F3N3. The molecule has 0 spiro atoms. The molecule has 1 aliphatic rings. The number of alkyl halides is 3. The number of hydrogen-bond acceptors (Lipinski definition) is 2. The molecule has 0 bridgehead atoms. The van der Waals surface area contributed by atoms with Gasteiger partial charge in [-0.1, -0.05) is 12.1 Å². The van der Waals surface area contributed by atoms with Crippen LogP contribution in [0.5, 0.6) is 0 Å². The molecule has 3 rings (SSSR count). The highest BCUT2D eigenvalue weighted by atomic mass is 19.4. The zero-order valence-electron chi connectivity index (χ0n) is 11.1. The molecule has 2 N–H and O–H groups in total. The van der Waals surface area contributed by atoms with Crippen molar-refractivity contribution in [2.45, 2.75) is 38.0 Å². The third-order valence-electron chi connectivity index (χ3n) is 3.90. The summed E-state index contributed by atoms with van der Waals surface area (Å²) < 4.78 is 39.7. The third kappa shape index (κ3) is 2.28. The fourth-order valence-electron chi connectivity index (χ4n) is 2.69. The molecule has 0 aliphatic heterocycles. The number of benzene rings is 1. The van der Waals surface area contributed by atoms with Gasteiger partial charge in [-0.05, 0) is 37.8 Å². The minimum atomic E-state index is -4.29. The molecule has 0 amide bonds. The number of rotatable bonds is 3. The second-order valence-corrected chi connectivity index (χ2v) is 5.68. The second kappa shape index (κ2) is 4.22. The van der Waals surface area contributed by atoms with Crippen LogP contribution in [0.4, 0.5) is 13.2 Å². The van der Waals surface area contributed by atoms with E-state index < -0.39 is 18.3 Å². The van der Waals surface area contributed by atoms with Gasteiger partial charge in [0.25, 0.3) is 0 Å². The lowest BCUT2D eigenvalue weighted by Gasteiger charge is -2.25. The monoisotopic (exact) mass is 283 g/mol. The number of nitrogens with zero attached hydrogens (tertiary/aromatic N) is 2. The molecular weight excluding hydrogens is 267 g/mol. The van der Waals surface area contributed by atoms with Gasteiger partial charge in [0, 0.05) is 0 Å². The van der Waals surface area contributed by atoms with Gasteiger partial charge in [0.2, 0.25) is 0 Å². The first kappa shape index (κ1) is 13.4. The molecule has 1 fully saturated rings. The summed E-state index contributed by atoms with van der Waals surface area (Å²) in [6.07, 6.45) is -2.40. The lowest BCUT2D eigenvalue weighted by molar-refractivity contribution is -0.140. The first-order valence-electron chi connectivity index (χ1n) is 6.60. The average Bonchev–Trinajstić information content (AvgIpc) is 3.13. The van der Waals surface area contributed by atoms with Crippen molar-refractivity contribution in [2.75, 3.05) is 0 Å². The third-order valence-corrected chi connectivity index (χ3v) is 3.90. The first-order valence-corrected chi connectivity index (χ1v) is 6.60. The normalized spacial score (nSPS) is 19.2. The van der Waals surface area contributed by atoms with Crippen molar-refractivity contribution in [2.24, 2.45) is 11.7 Å². The summed E-state index contributed by atoms with van der Waals surface area (Å²) in [7, 11) is 0. The van der Waals surface area contributed by atoms with E-state index in [9.17, 15) is 13.2 Å². The van der Waals surface area contributed by atoms with Gasteiger partial charge in [-0.3, -0.25) is 0 Å². The minimum absolute atomic E-state index is 0.214. The Morgan fingerprint density at radius 2 is 1.95 bits per heavy atom. The van der Waals surface area contributed by atoms with E-state index in [4.69, 9.17) is 5.73 Å². The first-order chi connectivity index (χ1) is 9.29. The van der Waals surface area contributed by atoms with Crippen LogP contribution in [0.25, 0.3) is 11.0 Å². The number of imidazole rings is 1. The van der Waals surface area contributed by atoms with E-state index in [-0.39, 0.29) is 5.92 Å². The van der Waals surface area contributed by atoms with Gasteiger partial charge in [0.1, 0.15) is 12.4 Å². The van der Waals surface area contributed by atoms with Crippen LogP contribution in [0.1, 0.15) is 25.6 Å². The number of hydrogen-bond donors (Lipinski definition) is 1. The molecule has 1 aliphatic carbocycles. The molecule has 108 valence electrons. The summed E-state index contributed by atoms with van der Waals surface area (Å²) in [5.74, 6) is 0.546. The number of para-hydroxylation sites is 2. The lowest BCUT2D eigenvalue weighted by Crippen LogP contribution is -2.39. The molecule has 1 aromatic carbocycles. The van der Waals surface area contributed by atoms with Crippen molar-refractivity contribution in [3.05, 3.63) is 30.1 Å². The molecule has 1 saturated carbocycles. The van der Waals surface area contributed by atoms with Crippen molar-refractivity contribution in [3.8, 4) is 0 Å². The minimum Gasteiger partial charge on any atom is -0.319 e. The highest BCUT2D eigenvalue weighted by molar-refractivity contribution is 5.76. The second-order valence-electron chi connectivity index (χ2n) is 5.68. The van der Waals surface area contributed by atoms with E-state index in [0.717, 1.165) is 12.8 Å². The van der Waals surface area contributed by atoms with Crippen LogP contribution in [0.3, 0.4) is 0 Å². The maximum absolute atomic E-state index is 12.8. The Bertz CT molecular complexity index is 639. The maximum atomic E-state index is 12.8. The summed E-state index contributed by atoms with van der Waals surface area (Å²) in [4.78, 5) is 4.37. The van der Waals surface area contributed by atoms with Crippen LogP contribution in [0, 0.1) is 5.92 Å². The van der Waals surface area contributed by atoms with Gasteiger partial charge in [-0.25, -0.2) is 4.98 Å². The van der Waals surface area contributed by atoms with E-state index >= 15 is 0 Å². The fraction of sp³-hybridized carbons (Fsp3) is 0.500. The van der Waals surface area contributed by atoms with Crippen LogP contribution in [0.2, 0.25) is 0 Å². The number of aromatic nitrogens is 2. The topological polar surface area (TPSA) is 43.8 Å². The molecule has 6 heteroatoms. The number of halogens is 3. The predicted molar refractivity (Wildman–Crippen MR) is 70.1 cm³/mol. The molecule has 2 aromatic rings. The van der Waals surface area contributed by atoms with Crippen molar-refractivity contribution >= 4 is 11.0 Å². The molecule has 0 saturated heterocycles. The van der Waals surface area contributed by atoms with Crippen LogP contribution in [-0.2, 0) is 12.1 Å². The van der Waals surface area contributed by atoms with Gasteiger partial charge in [-0.15, -0.1) is 0 Å². The Labute approximate surface area is 114 Å². The molecule has 3 nitrogen and oxygen atoms in total. The van der Waals surface area contributed by atoms with Gasteiger partial charge < -0.3 is 10.3 Å². The van der Waals surface area contributed by atoms with Gasteiger partial charge in [-0.2, -0.15) is 13.2 Å². The average molecular weight is 283 g/mol. The highest BCUT2D eigenvalue weighted by Crippen LogP contribution is 2.44. The van der Waals surface area contributed by atoms with Crippen molar-refractivity contribution in [1.82, 2.24) is 9.55 Å². The summed E-state index contributed by atoms with van der Waals surface area (Å²) >= 11 is 0. The number of nitrogens with two attached hydrogens (primary N) is 1. The lowest BCUT2D eigenvalue weighted by atomic mass is 9.96. The van der Waals surface area contributed by atoms with Gasteiger partial charge in [0.15, 0.2) is 0 Å². The predicted octanol–water partition coefficient (Wildman–Crippen LogP) is 3.18. The van der Waals surface area contributed by atoms with Crippen LogP contribution >= 0.6 is 0 Å². The molecule has 0 radical (unpaired) electrons. The fourth-order valence-corrected chi connectivity index (χ4v) is 2.69. The largest absolute Gasteiger partial charge is 0.406 e. The Hall–Kier alpha value is -1.56. The van der Waals surface area contributed by atoms with Crippen molar-refractivity contribution < 1.29 is 13.2 Å². The van der Waals surface area contributed by atoms with Crippen LogP contribution in [-0.4, -0.2) is 15.7 Å². The molecule has 20 heavy (non-hydrogen) atoms. The zero-order chi connectivity index (χ0) is 14.5. The summed E-state index contributed by atoms with van der Waals surface area (Å²) in [6.45, 7) is 0.723. The molecule has 1 aromatic heterocycles. The molecule has 1 unspecified atom stereocenters. The molecule has 1 heterocycles. The van der Waals surface area contributed by atoms with Gasteiger partial charge >= 0.3 is 6.18 Å². The summed E-state index contributed by atoms with van der Waals surface area (Å²) in [5.41, 5.74) is 6.50. The number of fused-ring (bicyclic) bond motifs is 1. The van der Waals surface area contributed by atoms with Crippen molar-refractivity contribution in [3.63, 3.8) is 0 Å². The maximum Gasteiger partial charge on any atom is 0.406 e. The molecule has 1 atom stereocenters. The Morgan fingerprint density at radius 3 is 2.55 bits per heavy atom. The van der Waals surface area contributed by atoms with E-state index in [2.05, 4.69) is 4.98 Å². The Balaban J connectivity index is 2.17. The van der Waals surface area contributed by atoms with E-state index in [0.29, 0.717) is 16.9 Å². The van der Waals surface area contributed by atoms with E-state index in [1.165, 1.54) is 4.57 Å². The van der Waals surface area contributed by atoms with Crippen LogP contribution < -0.4 is 5.73 Å². The standard InChI is InChI=1S/C14H16F3N3/c1-13(18,9-6-7-9)12-19-10-4-2-3-5-11(10)20(12)8-14(15,16)17/h2-5,9H,6-8,18H2,1H3. The van der Waals surface area contributed by atoms with Crippen molar-refractivity contribution in [1.29, 1.82) is 0 Å². The van der Waals surface area contributed by atoms with Crippen LogP contribution in [0.15, 0.2) is 24.3 Å². The summed E-state index contributed by atoms with van der Waals surface area (Å²) in [6, 6.07) is 6.85. The summed E-state index contributed by atoms with van der Waals surface area (Å²) in [5, 5.41) is 0. The Kier molecular flexibility index (Phi) is 2.83. The highest BCUT2D eigenvalue weighted by Gasteiger charge is 2.44. The quantitative estimate of drug-likeness (QED) is 0.940. The zero-order valence-corrected chi connectivity index (χ0v) is 11.1. The van der Waals surface area contributed by atoms with E-state index in [1.807, 2.05) is 0 Å². The Morgan fingerprint density at radius 1 is 1.30 bits per heavy atom. The van der Waals surface area contributed by atoms with Gasteiger partial charge in [0.05, 0.1) is 16.6 Å². The van der Waals surface area contributed by atoms with E-state index in [1.54, 1.807) is 31.2 Å². The SMILES string of the molecule is CC(N)(c1nc2ccccc2n1CC(F)(F)F)C1CC1. The smallest absolute Gasteiger partial charge is 0.319 e.